The molecule has 3 rings (SSSR count). The highest BCUT2D eigenvalue weighted by molar-refractivity contribution is 7.89. The van der Waals surface area contributed by atoms with Crippen molar-refractivity contribution in [3.05, 3.63) is 58.1 Å². The summed E-state index contributed by atoms with van der Waals surface area (Å²) in [7, 11) is -2.13. The molecule has 0 bridgehead atoms. The van der Waals surface area contributed by atoms with Gasteiger partial charge >= 0.3 is 0 Å². The number of nitro groups is 1. The highest BCUT2D eigenvalue weighted by atomic mass is 32.2. The molecular weight excluding hydrogens is 394 g/mol. The van der Waals surface area contributed by atoms with Gasteiger partial charge in [0.2, 0.25) is 10.0 Å². The first-order valence-corrected chi connectivity index (χ1v) is 11.0. The number of ether oxygens (including phenoxy) is 1. The number of nitrogens with one attached hydrogen (secondary N) is 1. The maximum atomic E-state index is 12.8. The summed E-state index contributed by atoms with van der Waals surface area (Å²) in [6.07, 6.45) is 2.30. The van der Waals surface area contributed by atoms with Gasteiger partial charge in [-0.1, -0.05) is 19.1 Å². The van der Waals surface area contributed by atoms with Crippen LogP contribution < -0.4 is 10.1 Å². The van der Waals surface area contributed by atoms with Crippen molar-refractivity contribution in [3.8, 4) is 5.75 Å². The molecule has 8 nitrogen and oxygen atoms in total. The van der Waals surface area contributed by atoms with E-state index in [1.165, 1.54) is 16.4 Å². The lowest BCUT2D eigenvalue weighted by Crippen LogP contribution is -2.27. The van der Waals surface area contributed by atoms with Gasteiger partial charge in [-0.25, -0.2) is 8.42 Å². The third kappa shape index (κ3) is 4.51. The van der Waals surface area contributed by atoms with Crippen LogP contribution in [0.5, 0.6) is 5.75 Å². The van der Waals surface area contributed by atoms with Gasteiger partial charge in [-0.05, 0) is 49.1 Å². The maximum Gasteiger partial charge on any atom is 0.293 e. The van der Waals surface area contributed by atoms with Gasteiger partial charge in [-0.2, -0.15) is 4.31 Å². The molecule has 156 valence electrons. The molecule has 1 unspecified atom stereocenters. The third-order valence-electron chi connectivity index (χ3n) is 5.12. The number of benzene rings is 2. The van der Waals surface area contributed by atoms with Gasteiger partial charge in [0.05, 0.1) is 23.0 Å². The molecule has 0 spiro atoms. The molecule has 0 radical (unpaired) electrons. The molecule has 2 aromatic carbocycles. The SMILES string of the molecule is CCC(Nc1ccc(S(=O)(=O)N2CCCC2)cc1[N+](=O)[O-])c1ccc(OC)cc1. The molecule has 1 heterocycles. The maximum absolute atomic E-state index is 12.8. The van der Waals surface area contributed by atoms with Crippen molar-refractivity contribution in [2.75, 3.05) is 25.5 Å². The van der Waals surface area contributed by atoms with Gasteiger partial charge in [0.25, 0.3) is 5.69 Å². The van der Waals surface area contributed by atoms with E-state index in [1.54, 1.807) is 7.11 Å². The quantitative estimate of drug-likeness (QED) is 0.513. The summed E-state index contributed by atoms with van der Waals surface area (Å²) in [6.45, 7) is 2.87. The molecule has 1 aliphatic rings. The second-order valence-corrected chi connectivity index (χ2v) is 8.86. The molecule has 1 N–H and O–H groups in total. The highest BCUT2D eigenvalue weighted by Crippen LogP contribution is 2.33. The largest absolute Gasteiger partial charge is 0.497 e. The van der Waals surface area contributed by atoms with E-state index >= 15 is 0 Å². The first-order valence-electron chi connectivity index (χ1n) is 9.56. The Morgan fingerprint density at radius 3 is 2.38 bits per heavy atom. The molecule has 1 fully saturated rings. The molecule has 0 amide bonds. The van der Waals surface area contributed by atoms with Crippen molar-refractivity contribution in [2.24, 2.45) is 0 Å². The fourth-order valence-corrected chi connectivity index (χ4v) is 5.01. The number of hydrogen-bond acceptors (Lipinski definition) is 6. The summed E-state index contributed by atoms with van der Waals surface area (Å²) < 4.78 is 32.1. The molecule has 29 heavy (non-hydrogen) atoms. The van der Waals surface area contributed by atoms with Crippen LogP contribution in [0.2, 0.25) is 0 Å². The Labute approximate surface area is 170 Å². The number of hydrogen-bond donors (Lipinski definition) is 1. The first kappa shape index (κ1) is 21.1. The minimum Gasteiger partial charge on any atom is -0.497 e. The van der Waals surface area contributed by atoms with E-state index in [0.29, 0.717) is 19.5 Å². The minimum atomic E-state index is -3.72. The average Bonchev–Trinajstić information content (AvgIpc) is 3.28. The highest BCUT2D eigenvalue weighted by Gasteiger charge is 2.29. The van der Waals surface area contributed by atoms with Gasteiger partial charge < -0.3 is 10.1 Å². The number of anilines is 1. The lowest BCUT2D eigenvalue weighted by Gasteiger charge is -2.20. The van der Waals surface area contributed by atoms with E-state index in [-0.39, 0.29) is 22.3 Å². The third-order valence-corrected chi connectivity index (χ3v) is 7.02. The van der Waals surface area contributed by atoms with E-state index < -0.39 is 14.9 Å². The molecule has 0 aliphatic carbocycles. The first-order chi connectivity index (χ1) is 13.9. The van der Waals surface area contributed by atoms with Crippen LogP contribution in [0.4, 0.5) is 11.4 Å². The van der Waals surface area contributed by atoms with Crippen molar-refractivity contribution < 1.29 is 18.1 Å². The van der Waals surface area contributed by atoms with Crippen molar-refractivity contribution in [2.45, 2.75) is 37.1 Å². The van der Waals surface area contributed by atoms with Crippen molar-refractivity contribution >= 4 is 21.4 Å². The van der Waals surface area contributed by atoms with Gasteiger partial charge in [0.15, 0.2) is 0 Å². The molecule has 1 saturated heterocycles. The lowest BCUT2D eigenvalue weighted by atomic mass is 10.0. The summed E-state index contributed by atoms with van der Waals surface area (Å²) in [4.78, 5) is 11.1. The fourth-order valence-electron chi connectivity index (χ4n) is 3.47. The van der Waals surface area contributed by atoms with Crippen LogP contribution in [0.15, 0.2) is 47.4 Å². The number of nitrogens with zero attached hydrogens (tertiary/aromatic N) is 2. The topological polar surface area (TPSA) is 102 Å². The van der Waals surface area contributed by atoms with Crippen molar-refractivity contribution in [3.63, 3.8) is 0 Å². The summed E-state index contributed by atoms with van der Waals surface area (Å²) in [5.74, 6) is 0.728. The monoisotopic (exact) mass is 419 g/mol. The predicted molar refractivity (Wildman–Crippen MR) is 111 cm³/mol. The Kier molecular flexibility index (Phi) is 6.39. The number of rotatable bonds is 8. The fraction of sp³-hybridized carbons (Fsp3) is 0.400. The van der Waals surface area contributed by atoms with Gasteiger partial charge in [0, 0.05) is 19.2 Å². The molecule has 0 saturated carbocycles. The van der Waals surface area contributed by atoms with E-state index in [9.17, 15) is 18.5 Å². The zero-order chi connectivity index (χ0) is 21.0. The smallest absolute Gasteiger partial charge is 0.293 e. The molecular formula is C20H25N3O5S. The van der Waals surface area contributed by atoms with Crippen LogP contribution in [0.25, 0.3) is 0 Å². The van der Waals surface area contributed by atoms with Crippen LogP contribution in [-0.4, -0.2) is 37.8 Å². The van der Waals surface area contributed by atoms with Crippen LogP contribution in [0.3, 0.4) is 0 Å². The number of methoxy groups -OCH3 is 1. The van der Waals surface area contributed by atoms with Gasteiger partial charge in [-0.15, -0.1) is 0 Å². The molecule has 1 atom stereocenters. The van der Waals surface area contributed by atoms with E-state index in [1.807, 2.05) is 31.2 Å². The standard InChI is InChI=1S/C20H25N3O5S/c1-3-18(15-6-8-16(28-2)9-7-15)21-19-11-10-17(14-20(19)23(24)25)29(26,27)22-12-4-5-13-22/h6-11,14,18,21H,3-5,12-13H2,1-2H3. The summed E-state index contributed by atoms with van der Waals surface area (Å²) >= 11 is 0. The van der Waals surface area contributed by atoms with E-state index in [4.69, 9.17) is 4.74 Å². The molecule has 9 heteroatoms. The lowest BCUT2D eigenvalue weighted by molar-refractivity contribution is -0.384. The van der Waals surface area contributed by atoms with Crippen LogP contribution in [0.1, 0.15) is 37.8 Å². The summed E-state index contributed by atoms with van der Waals surface area (Å²) in [6, 6.07) is 11.4. The van der Waals surface area contributed by atoms with Crippen molar-refractivity contribution in [1.29, 1.82) is 0 Å². The normalized spacial score (nSPS) is 15.8. The Hall–Kier alpha value is -2.65. The molecule has 2 aromatic rings. The van der Waals surface area contributed by atoms with E-state index in [0.717, 1.165) is 30.2 Å². The second-order valence-electron chi connectivity index (χ2n) is 6.93. The van der Waals surface area contributed by atoms with Crippen LogP contribution in [0, 0.1) is 10.1 Å². The Balaban J connectivity index is 1.91. The number of sulfonamides is 1. The van der Waals surface area contributed by atoms with Gasteiger partial charge in [-0.3, -0.25) is 10.1 Å². The van der Waals surface area contributed by atoms with Gasteiger partial charge in [0.1, 0.15) is 11.4 Å². The Bertz CT molecular complexity index is 970. The summed E-state index contributed by atoms with van der Waals surface area (Å²) in [5, 5.41) is 14.8. The van der Waals surface area contributed by atoms with Crippen LogP contribution in [-0.2, 0) is 10.0 Å². The number of nitro benzene ring substituents is 1. The average molecular weight is 420 g/mol. The Morgan fingerprint density at radius 1 is 1.17 bits per heavy atom. The zero-order valence-electron chi connectivity index (χ0n) is 16.5. The molecule has 1 aliphatic heterocycles. The van der Waals surface area contributed by atoms with E-state index in [2.05, 4.69) is 5.32 Å². The van der Waals surface area contributed by atoms with Crippen LogP contribution >= 0.6 is 0 Å². The second kappa shape index (κ2) is 8.79. The summed E-state index contributed by atoms with van der Waals surface area (Å²) in [5.41, 5.74) is 0.992. The molecule has 0 aromatic heterocycles. The predicted octanol–water partition coefficient (Wildman–Crippen LogP) is 3.95. The Morgan fingerprint density at radius 2 is 1.83 bits per heavy atom. The zero-order valence-corrected chi connectivity index (χ0v) is 17.3. The van der Waals surface area contributed by atoms with Crippen molar-refractivity contribution in [1.82, 2.24) is 4.31 Å². The minimum absolute atomic E-state index is 0.0471.